The molecular weight excluding hydrogens is 272 g/mol. The van der Waals surface area contributed by atoms with Gasteiger partial charge in [0, 0.05) is 13.1 Å². The highest BCUT2D eigenvalue weighted by molar-refractivity contribution is 7.89. The van der Waals surface area contributed by atoms with Crippen molar-refractivity contribution in [2.75, 3.05) is 13.1 Å². The van der Waals surface area contributed by atoms with E-state index in [1.807, 2.05) is 33.8 Å². The highest BCUT2D eigenvalue weighted by Crippen LogP contribution is 2.25. The van der Waals surface area contributed by atoms with Gasteiger partial charge in [-0.05, 0) is 49.9 Å². The van der Waals surface area contributed by atoms with Crippen LogP contribution >= 0.6 is 12.4 Å². The molecule has 104 valence electrons. The molecule has 0 aliphatic heterocycles. The lowest BCUT2D eigenvalue weighted by Crippen LogP contribution is -2.30. The highest BCUT2D eigenvalue weighted by atomic mass is 35.5. The molecule has 6 heteroatoms. The normalized spacial score (nSPS) is 11.2. The fraction of sp³-hybridized carbons (Fsp3) is 0.500. The van der Waals surface area contributed by atoms with Crippen LogP contribution in [0.3, 0.4) is 0 Å². The Bertz CT molecular complexity index is 501. The zero-order valence-corrected chi connectivity index (χ0v) is 12.8. The van der Waals surface area contributed by atoms with Gasteiger partial charge >= 0.3 is 0 Å². The molecule has 0 saturated carbocycles. The van der Waals surface area contributed by atoms with Crippen LogP contribution in [0, 0.1) is 27.7 Å². The average Bonchev–Trinajstić information content (AvgIpc) is 2.24. The van der Waals surface area contributed by atoms with Crippen LogP contribution in [0.5, 0.6) is 0 Å². The van der Waals surface area contributed by atoms with E-state index in [2.05, 4.69) is 4.72 Å². The second kappa shape index (κ2) is 6.52. The van der Waals surface area contributed by atoms with Crippen molar-refractivity contribution in [1.82, 2.24) is 4.72 Å². The molecule has 0 atom stereocenters. The molecule has 18 heavy (non-hydrogen) atoms. The number of hydrogen-bond acceptors (Lipinski definition) is 3. The third-order valence-electron chi connectivity index (χ3n) is 3.00. The summed E-state index contributed by atoms with van der Waals surface area (Å²) in [7, 11) is -3.46. The predicted octanol–water partition coefficient (Wildman–Crippen LogP) is 1.58. The van der Waals surface area contributed by atoms with Gasteiger partial charge in [0.25, 0.3) is 0 Å². The van der Waals surface area contributed by atoms with Gasteiger partial charge in [-0.2, -0.15) is 0 Å². The summed E-state index contributed by atoms with van der Waals surface area (Å²) in [5, 5.41) is 0. The van der Waals surface area contributed by atoms with Crippen molar-refractivity contribution < 1.29 is 8.42 Å². The van der Waals surface area contributed by atoms with Crippen LogP contribution < -0.4 is 10.5 Å². The maximum absolute atomic E-state index is 12.2. The van der Waals surface area contributed by atoms with Crippen molar-refractivity contribution in [2.45, 2.75) is 32.6 Å². The van der Waals surface area contributed by atoms with Crippen molar-refractivity contribution in [3.8, 4) is 0 Å². The molecule has 0 aliphatic carbocycles. The van der Waals surface area contributed by atoms with Gasteiger partial charge < -0.3 is 5.73 Å². The van der Waals surface area contributed by atoms with Crippen molar-refractivity contribution in [2.24, 2.45) is 5.73 Å². The van der Waals surface area contributed by atoms with Crippen LogP contribution in [0.1, 0.15) is 22.3 Å². The first-order chi connectivity index (χ1) is 7.81. The van der Waals surface area contributed by atoms with Gasteiger partial charge in [0.15, 0.2) is 0 Å². The van der Waals surface area contributed by atoms with Gasteiger partial charge in [-0.25, -0.2) is 13.1 Å². The van der Waals surface area contributed by atoms with E-state index in [0.29, 0.717) is 11.4 Å². The minimum absolute atomic E-state index is 0. The number of aryl methyl sites for hydroxylation is 2. The van der Waals surface area contributed by atoms with Crippen molar-refractivity contribution in [1.29, 1.82) is 0 Å². The lowest BCUT2D eigenvalue weighted by atomic mass is 10.0. The standard InChI is InChI=1S/C12H20N2O2S.ClH/c1-8-7-9(2)11(4)12(10(8)3)17(15,16)14-6-5-13;/h7,14H,5-6,13H2,1-4H3;1H. The number of hydrogen-bond donors (Lipinski definition) is 2. The third kappa shape index (κ3) is 3.45. The summed E-state index contributed by atoms with van der Waals surface area (Å²) in [6, 6.07) is 2.01. The summed E-state index contributed by atoms with van der Waals surface area (Å²) >= 11 is 0. The molecule has 0 aliphatic rings. The van der Waals surface area contributed by atoms with E-state index in [0.717, 1.165) is 22.3 Å². The second-order valence-corrected chi connectivity index (χ2v) is 5.98. The van der Waals surface area contributed by atoms with E-state index in [1.54, 1.807) is 0 Å². The minimum Gasteiger partial charge on any atom is -0.329 e. The molecule has 0 aromatic heterocycles. The molecule has 0 spiro atoms. The van der Waals surface area contributed by atoms with Crippen molar-refractivity contribution >= 4 is 22.4 Å². The van der Waals surface area contributed by atoms with Gasteiger partial charge in [0.05, 0.1) is 4.90 Å². The van der Waals surface area contributed by atoms with Gasteiger partial charge in [-0.1, -0.05) is 6.07 Å². The van der Waals surface area contributed by atoms with Gasteiger partial charge in [0.1, 0.15) is 0 Å². The predicted molar refractivity (Wildman–Crippen MR) is 76.9 cm³/mol. The van der Waals surface area contributed by atoms with E-state index < -0.39 is 10.0 Å². The molecule has 0 amide bonds. The lowest BCUT2D eigenvalue weighted by Gasteiger charge is -2.15. The number of rotatable bonds is 4. The fourth-order valence-electron chi connectivity index (χ4n) is 1.85. The zero-order valence-electron chi connectivity index (χ0n) is 11.2. The molecule has 1 aromatic carbocycles. The van der Waals surface area contributed by atoms with Crippen LogP contribution in [0.25, 0.3) is 0 Å². The first-order valence-corrected chi connectivity index (χ1v) is 7.06. The zero-order chi connectivity index (χ0) is 13.2. The summed E-state index contributed by atoms with van der Waals surface area (Å²) in [5.41, 5.74) is 8.90. The van der Waals surface area contributed by atoms with E-state index in [9.17, 15) is 8.42 Å². The first kappa shape index (κ1) is 17.4. The number of nitrogens with one attached hydrogen (secondary N) is 1. The van der Waals surface area contributed by atoms with E-state index in [4.69, 9.17) is 5.73 Å². The Hall–Kier alpha value is -0.620. The topological polar surface area (TPSA) is 72.2 Å². The fourth-order valence-corrected chi connectivity index (χ4v) is 3.51. The smallest absolute Gasteiger partial charge is 0.241 e. The summed E-state index contributed by atoms with van der Waals surface area (Å²) in [6.45, 7) is 8.06. The molecular formula is C12H21ClN2O2S. The molecule has 1 aromatic rings. The maximum Gasteiger partial charge on any atom is 0.241 e. The molecule has 0 unspecified atom stereocenters. The van der Waals surface area contributed by atoms with E-state index in [1.165, 1.54) is 0 Å². The van der Waals surface area contributed by atoms with Crippen LogP contribution in [-0.2, 0) is 10.0 Å². The quantitative estimate of drug-likeness (QED) is 0.885. The molecule has 0 saturated heterocycles. The Morgan fingerprint density at radius 2 is 1.56 bits per heavy atom. The molecule has 0 fully saturated rings. The van der Waals surface area contributed by atoms with Crippen LogP contribution in [0.4, 0.5) is 0 Å². The summed E-state index contributed by atoms with van der Waals surface area (Å²) in [6.07, 6.45) is 0. The molecule has 0 heterocycles. The lowest BCUT2D eigenvalue weighted by molar-refractivity contribution is 0.580. The summed E-state index contributed by atoms with van der Waals surface area (Å²) in [5.74, 6) is 0. The molecule has 0 bridgehead atoms. The van der Waals surface area contributed by atoms with Crippen LogP contribution in [-0.4, -0.2) is 21.5 Å². The largest absolute Gasteiger partial charge is 0.329 e. The summed E-state index contributed by atoms with van der Waals surface area (Å²) < 4.78 is 26.8. The van der Waals surface area contributed by atoms with E-state index in [-0.39, 0.29) is 19.0 Å². The second-order valence-electron chi connectivity index (χ2n) is 4.28. The first-order valence-electron chi connectivity index (χ1n) is 5.58. The molecule has 0 radical (unpaired) electrons. The minimum atomic E-state index is -3.46. The van der Waals surface area contributed by atoms with Crippen molar-refractivity contribution in [3.05, 3.63) is 28.3 Å². The molecule has 4 nitrogen and oxygen atoms in total. The Morgan fingerprint density at radius 3 is 1.94 bits per heavy atom. The maximum atomic E-state index is 12.2. The van der Waals surface area contributed by atoms with E-state index >= 15 is 0 Å². The Balaban J connectivity index is 0.00000289. The van der Waals surface area contributed by atoms with Gasteiger partial charge in [-0.15, -0.1) is 12.4 Å². The average molecular weight is 293 g/mol. The number of benzene rings is 1. The van der Waals surface area contributed by atoms with Crippen LogP contribution in [0.2, 0.25) is 0 Å². The Kier molecular flexibility index (Phi) is 6.29. The molecule has 1 rings (SSSR count). The Labute approximate surface area is 115 Å². The number of nitrogens with two attached hydrogens (primary N) is 1. The number of sulfonamides is 1. The third-order valence-corrected chi connectivity index (χ3v) is 4.74. The summed E-state index contributed by atoms with van der Waals surface area (Å²) in [4.78, 5) is 0.392. The SMILES string of the molecule is Cc1cc(C)c(C)c(S(=O)(=O)NCCN)c1C.Cl. The molecule has 3 N–H and O–H groups in total. The van der Waals surface area contributed by atoms with Crippen LogP contribution in [0.15, 0.2) is 11.0 Å². The van der Waals surface area contributed by atoms with Crippen molar-refractivity contribution in [3.63, 3.8) is 0 Å². The number of halogens is 1. The highest BCUT2D eigenvalue weighted by Gasteiger charge is 2.21. The van der Waals surface area contributed by atoms with Gasteiger partial charge in [-0.3, -0.25) is 0 Å². The van der Waals surface area contributed by atoms with Gasteiger partial charge in [0.2, 0.25) is 10.0 Å². The monoisotopic (exact) mass is 292 g/mol. The Morgan fingerprint density at radius 1 is 1.11 bits per heavy atom.